The molecule has 2 aromatic carbocycles. The quantitative estimate of drug-likeness (QED) is 0.464. The van der Waals surface area contributed by atoms with E-state index in [0.717, 1.165) is 18.2 Å². The second-order valence-electron chi connectivity index (χ2n) is 6.68. The first-order valence-electron chi connectivity index (χ1n) is 8.90. The average Bonchev–Trinajstić information content (AvgIpc) is 3.23. The SMILES string of the molecule is NS(=O)(=O)c1cccc(-c2cn(-c3nc(-c4ccc(F)cc4)cc(C(F)(F)F)n3)cn2)c1. The summed E-state index contributed by atoms with van der Waals surface area (Å²) in [6.07, 6.45) is -2.20. The van der Waals surface area contributed by atoms with Crippen molar-refractivity contribution in [2.75, 3.05) is 0 Å². The summed E-state index contributed by atoms with van der Waals surface area (Å²) >= 11 is 0. The van der Waals surface area contributed by atoms with Crippen LogP contribution in [0.1, 0.15) is 5.69 Å². The molecule has 0 unspecified atom stereocenters. The molecular weight excluding hydrogens is 450 g/mol. The second kappa shape index (κ2) is 7.80. The second-order valence-corrected chi connectivity index (χ2v) is 8.24. The zero-order chi connectivity index (χ0) is 23.1. The van der Waals surface area contributed by atoms with Crippen molar-refractivity contribution in [2.24, 2.45) is 5.14 Å². The minimum atomic E-state index is -4.75. The van der Waals surface area contributed by atoms with Gasteiger partial charge in [0.15, 0.2) is 5.69 Å². The van der Waals surface area contributed by atoms with Gasteiger partial charge in [0.05, 0.1) is 16.3 Å². The lowest BCUT2D eigenvalue weighted by Crippen LogP contribution is -2.12. The van der Waals surface area contributed by atoms with Crippen LogP contribution in [-0.2, 0) is 16.2 Å². The summed E-state index contributed by atoms with van der Waals surface area (Å²) in [4.78, 5) is 11.7. The Balaban J connectivity index is 1.80. The Labute approximate surface area is 179 Å². The van der Waals surface area contributed by atoms with E-state index in [0.29, 0.717) is 5.56 Å². The van der Waals surface area contributed by atoms with Crippen LogP contribution >= 0.6 is 0 Å². The predicted octanol–water partition coefficient (Wildman–Crippen LogP) is 3.80. The number of imidazole rings is 1. The van der Waals surface area contributed by atoms with Crippen LogP contribution in [-0.4, -0.2) is 27.9 Å². The van der Waals surface area contributed by atoms with Crippen LogP contribution in [0.25, 0.3) is 28.5 Å². The maximum absolute atomic E-state index is 13.4. The Bertz CT molecular complexity index is 1400. The summed E-state index contributed by atoms with van der Waals surface area (Å²) < 4.78 is 77.8. The molecule has 2 aromatic heterocycles. The van der Waals surface area contributed by atoms with Crippen LogP contribution in [0.4, 0.5) is 17.6 Å². The van der Waals surface area contributed by atoms with E-state index >= 15 is 0 Å². The lowest BCUT2D eigenvalue weighted by atomic mass is 10.1. The Morgan fingerprint density at radius 2 is 1.62 bits per heavy atom. The third kappa shape index (κ3) is 4.50. The summed E-state index contributed by atoms with van der Waals surface area (Å²) in [6, 6.07) is 11.2. The van der Waals surface area contributed by atoms with Gasteiger partial charge in [-0.05, 0) is 42.5 Å². The van der Waals surface area contributed by atoms with Crippen molar-refractivity contribution in [3.05, 3.63) is 78.6 Å². The van der Waals surface area contributed by atoms with Crippen LogP contribution in [0.3, 0.4) is 0 Å². The number of nitrogens with zero attached hydrogens (tertiary/aromatic N) is 4. The lowest BCUT2D eigenvalue weighted by molar-refractivity contribution is -0.141. The zero-order valence-corrected chi connectivity index (χ0v) is 16.8. The van der Waals surface area contributed by atoms with Crippen molar-refractivity contribution < 1.29 is 26.0 Å². The van der Waals surface area contributed by atoms with Crippen molar-refractivity contribution in [1.82, 2.24) is 19.5 Å². The van der Waals surface area contributed by atoms with Crippen molar-refractivity contribution in [2.45, 2.75) is 11.1 Å². The normalized spacial score (nSPS) is 12.2. The fourth-order valence-corrected chi connectivity index (χ4v) is 3.44. The highest BCUT2D eigenvalue weighted by Gasteiger charge is 2.34. The minimum absolute atomic E-state index is 0.0613. The van der Waals surface area contributed by atoms with E-state index in [-0.39, 0.29) is 27.8 Å². The number of rotatable bonds is 4. The summed E-state index contributed by atoms with van der Waals surface area (Å²) in [5.41, 5.74) is -0.343. The molecule has 0 aliphatic rings. The third-order valence-corrected chi connectivity index (χ3v) is 5.33. The molecule has 4 rings (SSSR count). The first-order valence-corrected chi connectivity index (χ1v) is 10.5. The first-order chi connectivity index (χ1) is 15.0. The lowest BCUT2D eigenvalue weighted by Gasteiger charge is -2.11. The van der Waals surface area contributed by atoms with Crippen molar-refractivity contribution in [3.63, 3.8) is 0 Å². The van der Waals surface area contributed by atoms with Gasteiger partial charge >= 0.3 is 6.18 Å². The molecule has 32 heavy (non-hydrogen) atoms. The molecule has 0 aliphatic carbocycles. The molecule has 164 valence electrons. The Morgan fingerprint density at radius 1 is 0.906 bits per heavy atom. The van der Waals surface area contributed by atoms with Gasteiger partial charge in [0, 0.05) is 17.3 Å². The molecule has 4 aromatic rings. The maximum Gasteiger partial charge on any atom is 0.433 e. The smallest absolute Gasteiger partial charge is 0.274 e. The first kappa shape index (κ1) is 21.6. The molecule has 12 heteroatoms. The van der Waals surface area contributed by atoms with Crippen LogP contribution < -0.4 is 5.14 Å². The minimum Gasteiger partial charge on any atom is -0.274 e. The number of halogens is 4. The van der Waals surface area contributed by atoms with Crippen molar-refractivity contribution in [1.29, 1.82) is 0 Å². The van der Waals surface area contributed by atoms with E-state index in [1.54, 1.807) is 6.07 Å². The number of sulfonamides is 1. The third-order valence-electron chi connectivity index (χ3n) is 4.42. The van der Waals surface area contributed by atoms with Crippen LogP contribution in [0.2, 0.25) is 0 Å². The molecule has 7 nitrogen and oxygen atoms in total. The fourth-order valence-electron chi connectivity index (χ4n) is 2.88. The Hall–Kier alpha value is -3.64. The van der Waals surface area contributed by atoms with Crippen molar-refractivity contribution >= 4 is 10.0 Å². The summed E-state index contributed by atoms with van der Waals surface area (Å²) in [6.45, 7) is 0. The van der Waals surface area contributed by atoms with Gasteiger partial charge in [-0.1, -0.05) is 12.1 Å². The summed E-state index contributed by atoms with van der Waals surface area (Å²) in [5.74, 6) is -0.861. The average molecular weight is 463 g/mol. The maximum atomic E-state index is 13.4. The number of benzene rings is 2. The van der Waals surface area contributed by atoms with Gasteiger partial charge in [-0.2, -0.15) is 13.2 Å². The fraction of sp³-hybridized carbons (Fsp3) is 0.0500. The molecule has 0 atom stereocenters. The standard InChI is InChI=1S/C20H13F4N5O2S/c21-14-6-4-12(5-7-14)16-9-18(20(22,23)24)28-19(27-16)29-10-17(26-11-29)13-2-1-3-15(8-13)32(25,30)31/h1-11H,(H2,25,30,31). The molecule has 0 amide bonds. The van der Waals surface area contributed by atoms with Gasteiger partial charge in [0.1, 0.15) is 12.1 Å². The largest absolute Gasteiger partial charge is 0.433 e. The molecular formula is C20H13F4N5O2S. The number of hydrogen-bond donors (Lipinski definition) is 1. The molecule has 0 spiro atoms. The Kier molecular flexibility index (Phi) is 5.26. The van der Waals surface area contributed by atoms with Gasteiger partial charge in [-0.25, -0.2) is 32.9 Å². The molecule has 0 saturated heterocycles. The Morgan fingerprint density at radius 3 is 2.28 bits per heavy atom. The monoisotopic (exact) mass is 463 g/mol. The number of aromatic nitrogens is 4. The van der Waals surface area contributed by atoms with Gasteiger partial charge < -0.3 is 0 Å². The number of hydrogen-bond acceptors (Lipinski definition) is 5. The van der Waals surface area contributed by atoms with Crippen LogP contribution in [0.5, 0.6) is 0 Å². The zero-order valence-electron chi connectivity index (χ0n) is 16.0. The highest BCUT2D eigenvalue weighted by atomic mass is 32.2. The summed E-state index contributed by atoms with van der Waals surface area (Å²) in [5, 5.41) is 5.14. The van der Waals surface area contributed by atoms with E-state index in [1.807, 2.05) is 0 Å². The molecule has 0 saturated carbocycles. The highest BCUT2D eigenvalue weighted by Crippen LogP contribution is 2.31. The highest BCUT2D eigenvalue weighted by molar-refractivity contribution is 7.89. The van der Waals surface area contributed by atoms with E-state index in [4.69, 9.17) is 5.14 Å². The van der Waals surface area contributed by atoms with E-state index < -0.39 is 27.7 Å². The number of alkyl halides is 3. The number of primary sulfonamides is 1. The molecule has 0 aliphatic heterocycles. The predicted molar refractivity (Wildman–Crippen MR) is 106 cm³/mol. The number of nitrogens with two attached hydrogens (primary N) is 1. The summed E-state index contributed by atoms with van der Waals surface area (Å²) in [7, 11) is -3.95. The van der Waals surface area contributed by atoms with Crippen LogP contribution in [0.15, 0.2) is 72.0 Å². The van der Waals surface area contributed by atoms with Gasteiger partial charge in [-0.3, -0.25) is 4.57 Å². The van der Waals surface area contributed by atoms with E-state index in [9.17, 15) is 26.0 Å². The van der Waals surface area contributed by atoms with E-state index in [1.165, 1.54) is 47.4 Å². The molecule has 2 N–H and O–H groups in total. The molecule has 0 bridgehead atoms. The molecule has 0 fully saturated rings. The van der Waals surface area contributed by atoms with Gasteiger partial charge in [0.25, 0.3) is 0 Å². The molecule has 2 heterocycles. The van der Waals surface area contributed by atoms with Gasteiger partial charge in [-0.15, -0.1) is 0 Å². The topological polar surface area (TPSA) is 104 Å². The molecule has 0 radical (unpaired) electrons. The van der Waals surface area contributed by atoms with Crippen molar-refractivity contribution in [3.8, 4) is 28.5 Å². The van der Waals surface area contributed by atoms with Crippen LogP contribution in [0, 0.1) is 5.82 Å². The van der Waals surface area contributed by atoms with E-state index in [2.05, 4.69) is 15.0 Å². The van der Waals surface area contributed by atoms with Gasteiger partial charge in [0.2, 0.25) is 16.0 Å².